The number of ether oxygens (including phenoxy) is 1. The maximum Gasteiger partial charge on any atom is 0.466 e. The number of imidazole rings is 1. The van der Waals surface area contributed by atoms with Crippen molar-refractivity contribution in [3.05, 3.63) is 12.7 Å². The van der Waals surface area contributed by atoms with Crippen LogP contribution >= 0.6 is 7.82 Å². The van der Waals surface area contributed by atoms with Gasteiger partial charge in [0.2, 0.25) is 0 Å². The van der Waals surface area contributed by atoms with Gasteiger partial charge in [-0.3, -0.25) is 4.57 Å². The number of rotatable bonds is 2. The summed E-state index contributed by atoms with van der Waals surface area (Å²) in [5.41, 5.74) is 6.44. The molecule has 0 unspecified atom stereocenters. The molecule has 3 heterocycles. The van der Waals surface area contributed by atoms with Crippen LogP contribution in [0.4, 0.5) is 5.82 Å². The molecule has 0 amide bonds. The highest BCUT2D eigenvalue weighted by molar-refractivity contribution is 7.45. The average molecular weight is 383 g/mol. The molecule has 0 bridgehead atoms. The lowest BCUT2D eigenvalue weighted by atomic mass is 10.1. The minimum absolute atomic E-state index is 0. The lowest BCUT2D eigenvalue weighted by Crippen LogP contribution is -2.33. The van der Waals surface area contributed by atoms with Gasteiger partial charge in [0, 0.05) is 0 Å². The SMILES string of the molecule is Nc1ncnc2c1ncn2[C@@H]1O[C@H](CO)[C@@H](O)[C@H]1O.O.O=P(O)(O)O. The summed E-state index contributed by atoms with van der Waals surface area (Å²) in [5, 5.41) is 28.7. The second kappa shape index (κ2) is 8.09. The van der Waals surface area contributed by atoms with Gasteiger partial charge < -0.3 is 45.9 Å². The third kappa shape index (κ3) is 4.88. The lowest BCUT2D eigenvalue weighted by molar-refractivity contribution is -0.0511. The average Bonchev–Trinajstić information content (AvgIpc) is 3.01. The van der Waals surface area contributed by atoms with Crippen LogP contribution in [0.5, 0.6) is 0 Å². The van der Waals surface area contributed by atoms with Crippen molar-refractivity contribution in [1.29, 1.82) is 0 Å². The van der Waals surface area contributed by atoms with Gasteiger partial charge in [0.25, 0.3) is 0 Å². The van der Waals surface area contributed by atoms with Gasteiger partial charge in [0.15, 0.2) is 17.7 Å². The fourth-order valence-corrected chi connectivity index (χ4v) is 2.17. The molecule has 2 aromatic rings. The number of nitrogens with two attached hydrogens (primary N) is 1. The number of hydrogen-bond donors (Lipinski definition) is 7. The molecule has 0 saturated carbocycles. The number of hydrogen-bond acceptors (Lipinski definition) is 9. The Morgan fingerprint density at radius 1 is 1.20 bits per heavy atom. The molecule has 4 atom stereocenters. The van der Waals surface area contributed by atoms with Gasteiger partial charge in [-0.1, -0.05) is 0 Å². The zero-order valence-electron chi connectivity index (χ0n) is 12.5. The van der Waals surface area contributed by atoms with Crippen molar-refractivity contribution in [2.75, 3.05) is 12.3 Å². The number of aliphatic hydroxyl groups is 3. The van der Waals surface area contributed by atoms with Gasteiger partial charge >= 0.3 is 7.82 Å². The van der Waals surface area contributed by atoms with E-state index in [-0.39, 0.29) is 11.3 Å². The van der Waals surface area contributed by atoms with Crippen LogP contribution in [-0.4, -0.2) is 79.9 Å². The maximum absolute atomic E-state index is 9.95. The summed E-state index contributed by atoms with van der Waals surface area (Å²) in [6, 6.07) is 0. The summed E-state index contributed by atoms with van der Waals surface area (Å²) in [6.07, 6.45) is -1.42. The Labute approximate surface area is 139 Å². The molecular formula is C10H18N5O9P. The van der Waals surface area contributed by atoms with Crippen LogP contribution in [0, 0.1) is 0 Å². The third-order valence-corrected chi connectivity index (χ3v) is 3.18. The molecule has 1 saturated heterocycles. The first-order valence-electron chi connectivity index (χ1n) is 6.47. The molecule has 142 valence electrons. The molecule has 10 N–H and O–H groups in total. The molecule has 14 nitrogen and oxygen atoms in total. The highest BCUT2D eigenvalue weighted by Crippen LogP contribution is 2.31. The Balaban J connectivity index is 0.000000462. The molecule has 25 heavy (non-hydrogen) atoms. The van der Waals surface area contributed by atoms with E-state index in [1.807, 2.05) is 0 Å². The van der Waals surface area contributed by atoms with E-state index in [1.165, 1.54) is 17.2 Å². The number of nitrogens with zero attached hydrogens (tertiary/aromatic N) is 4. The van der Waals surface area contributed by atoms with Crippen molar-refractivity contribution >= 4 is 24.8 Å². The summed E-state index contributed by atoms with van der Waals surface area (Å²) in [5.74, 6) is 0.218. The Morgan fingerprint density at radius 2 is 1.80 bits per heavy atom. The summed E-state index contributed by atoms with van der Waals surface area (Å²) in [6.45, 7) is -0.390. The molecule has 2 aromatic heterocycles. The van der Waals surface area contributed by atoms with E-state index in [1.54, 1.807) is 0 Å². The summed E-state index contributed by atoms with van der Waals surface area (Å²) in [7, 11) is -4.64. The number of aliphatic hydroxyl groups excluding tert-OH is 3. The van der Waals surface area contributed by atoms with Crippen LogP contribution in [0.15, 0.2) is 12.7 Å². The quantitative estimate of drug-likeness (QED) is 0.247. The fraction of sp³-hybridized carbons (Fsp3) is 0.500. The minimum atomic E-state index is -4.64. The molecule has 0 aliphatic carbocycles. The predicted molar refractivity (Wildman–Crippen MR) is 80.6 cm³/mol. The molecule has 1 aliphatic heterocycles. The molecule has 1 fully saturated rings. The van der Waals surface area contributed by atoms with Crippen molar-refractivity contribution in [1.82, 2.24) is 19.5 Å². The minimum Gasteiger partial charge on any atom is -0.412 e. The van der Waals surface area contributed by atoms with Gasteiger partial charge in [-0.2, -0.15) is 0 Å². The van der Waals surface area contributed by atoms with Crippen LogP contribution in [0.2, 0.25) is 0 Å². The van der Waals surface area contributed by atoms with Crippen LogP contribution in [0.1, 0.15) is 6.23 Å². The van der Waals surface area contributed by atoms with E-state index in [2.05, 4.69) is 15.0 Å². The molecule has 3 rings (SSSR count). The number of nitrogen functional groups attached to an aromatic ring is 1. The second-order valence-electron chi connectivity index (χ2n) is 4.83. The first-order valence-corrected chi connectivity index (χ1v) is 8.03. The molecule has 0 aromatic carbocycles. The van der Waals surface area contributed by atoms with E-state index in [0.717, 1.165) is 0 Å². The number of fused-ring (bicyclic) bond motifs is 1. The smallest absolute Gasteiger partial charge is 0.412 e. The Bertz CT molecular complexity index is 743. The van der Waals surface area contributed by atoms with Crippen molar-refractivity contribution in [2.45, 2.75) is 24.5 Å². The van der Waals surface area contributed by atoms with E-state index < -0.39 is 39.0 Å². The summed E-state index contributed by atoms with van der Waals surface area (Å²) >= 11 is 0. The van der Waals surface area contributed by atoms with Crippen molar-refractivity contribution < 1.29 is 44.8 Å². The first-order chi connectivity index (χ1) is 11.1. The Kier molecular flexibility index (Phi) is 6.90. The molecule has 0 radical (unpaired) electrons. The Morgan fingerprint density at radius 3 is 2.32 bits per heavy atom. The van der Waals surface area contributed by atoms with Crippen molar-refractivity contribution in [2.24, 2.45) is 0 Å². The zero-order valence-corrected chi connectivity index (χ0v) is 13.4. The van der Waals surface area contributed by atoms with Crippen molar-refractivity contribution in [3.8, 4) is 0 Å². The lowest BCUT2D eigenvalue weighted by Gasteiger charge is -2.16. The van der Waals surface area contributed by atoms with Gasteiger partial charge in [-0.15, -0.1) is 0 Å². The van der Waals surface area contributed by atoms with Gasteiger partial charge in [0.05, 0.1) is 12.9 Å². The summed E-state index contributed by atoms with van der Waals surface area (Å²) in [4.78, 5) is 33.5. The van der Waals surface area contributed by atoms with Gasteiger partial charge in [0.1, 0.15) is 30.2 Å². The van der Waals surface area contributed by atoms with Crippen LogP contribution in [0.25, 0.3) is 11.2 Å². The van der Waals surface area contributed by atoms with Gasteiger partial charge in [-0.25, -0.2) is 19.5 Å². The first kappa shape index (κ1) is 21.3. The predicted octanol–water partition coefficient (Wildman–Crippen LogP) is -3.73. The normalized spacial score (nSPS) is 26.0. The van der Waals surface area contributed by atoms with E-state index in [0.29, 0.717) is 11.2 Å². The zero-order chi connectivity index (χ0) is 18.1. The molecule has 15 heteroatoms. The highest BCUT2D eigenvalue weighted by atomic mass is 31.2. The Hall–Kier alpha value is -1.74. The fourth-order valence-electron chi connectivity index (χ4n) is 2.17. The number of anilines is 1. The molecule has 1 aliphatic rings. The van der Waals surface area contributed by atoms with Gasteiger partial charge in [-0.05, 0) is 0 Å². The summed E-state index contributed by atoms with van der Waals surface area (Å²) < 4.78 is 15.7. The van der Waals surface area contributed by atoms with E-state index >= 15 is 0 Å². The molecular weight excluding hydrogens is 365 g/mol. The standard InChI is InChI=1S/C10H13N5O4.H3O4P.H2O/c11-8-5-9(13-2-12-8)15(3-14-5)10-7(18)6(17)4(1-16)19-10;1-5(2,3)4;/h2-4,6-7,10,16-18H,1H2,(H2,11,12,13);(H3,1,2,3,4);1H2/t4-,6-,7-,10-;;/m1../s1. The molecule has 0 spiro atoms. The monoisotopic (exact) mass is 383 g/mol. The van der Waals surface area contributed by atoms with Crippen molar-refractivity contribution in [3.63, 3.8) is 0 Å². The van der Waals surface area contributed by atoms with E-state index in [9.17, 15) is 10.2 Å². The van der Waals surface area contributed by atoms with Crippen LogP contribution in [-0.2, 0) is 9.30 Å². The maximum atomic E-state index is 9.95. The van der Waals surface area contributed by atoms with Crippen LogP contribution < -0.4 is 5.73 Å². The largest absolute Gasteiger partial charge is 0.466 e. The van der Waals surface area contributed by atoms with Crippen LogP contribution in [0.3, 0.4) is 0 Å². The second-order valence-corrected chi connectivity index (χ2v) is 5.85. The third-order valence-electron chi connectivity index (χ3n) is 3.18. The number of aromatic nitrogens is 4. The highest BCUT2D eigenvalue weighted by Gasteiger charge is 2.43. The topological polar surface area (TPSA) is 249 Å². The van der Waals surface area contributed by atoms with E-state index in [4.69, 9.17) is 34.8 Å². The number of phosphoric acid groups is 1.